The second kappa shape index (κ2) is 10.2. The number of aliphatic hydroxyl groups excluding tert-OH is 2. The fourth-order valence-electron chi connectivity index (χ4n) is 3.57. The van der Waals surface area contributed by atoms with Gasteiger partial charge in [0.15, 0.2) is 11.9 Å². The van der Waals surface area contributed by atoms with Gasteiger partial charge in [-0.25, -0.2) is 0 Å². The average molecular weight is 414 g/mol. The molecule has 0 unspecified atom stereocenters. The van der Waals surface area contributed by atoms with Gasteiger partial charge < -0.3 is 24.8 Å². The van der Waals surface area contributed by atoms with Gasteiger partial charge in [-0.05, 0) is 43.5 Å². The summed E-state index contributed by atoms with van der Waals surface area (Å²) < 4.78 is 5.18. The highest BCUT2D eigenvalue weighted by Crippen LogP contribution is 2.21. The van der Waals surface area contributed by atoms with Gasteiger partial charge in [-0.1, -0.05) is 18.2 Å². The molecule has 0 saturated carbocycles. The molecule has 2 aromatic rings. The van der Waals surface area contributed by atoms with Crippen LogP contribution in [-0.2, 0) is 20.8 Å². The number of aliphatic hydroxyl groups is 2. The van der Waals surface area contributed by atoms with Crippen LogP contribution >= 0.6 is 0 Å². The number of nitrogens with zero attached hydrogens (tertiary/aromatic N) is 1. The van der Waals surface area contributed by atoms with Crippen molar-refractivity contribution in [2.24, 2.45) is 0 Å². The molecule has 1 aliphatic rings. The zero-order valence-corrected chi connectivity index (χ0v) is 16.6. The number of furan rings is 1. The Kier molecular flexibility index (Phi) is 7.37. The lowest BCUT2D eigenvalue weighted by atomic mass is 10.0. The maximum Gasteiger partial charge on any atom is 0.255 e. The summed E-state index contributed by atoms with van der Waals surface area (Å²) >= 11 is 0. The number of amides is 2. The molecule has 3 rings (SSSR count). The van der Waals surface area contributed by atoms with E-state index in [0.717, 1.165) is 5.76 Å². The highest BCUT2D eigenvalue weighted by molar-refractivity contribution is 5.99. The number of hydrogen-bond donors (Lipinski definition) is 3. The number of benzene rings is 1. The molecule has 8 nitrogen and oxygen atoms in total. The topological polar surface area (TPSA) is 120 Å². The van der Waals surface area contributed by atoms with E-state index in [1.807, 2.05) is 6.07 Å². The van der Waals surface area contributed by atoms with Crippen molar-refractivity contribution in [1.82, 2.24) is 4.90 Å². The Morgan fingerprint density at radius 2 is 1.87 bits per heavy atom. The number of carbonyl (C=O) groups excluding carboxylic acids is 3. The number of anilines is 1. The third kappa shape index (κ3) is 5.34. The third-order valence-electron chi connectivity index (χ3n) is 5.19. The van der Waals surface area contributed by atoms with E-state index in [4.69, 9.17) is 4.42 Å². The standard InChI is InChI=1S/C22H26N2O6/c25-18(12-4-9-16-10-6-14-30-16)19(26)20(27)22(29)24-13-5-11-17(24)21(28)23-15-7-2-1-3-8-15/h1-3,6-8,10,14,17,19-20,26-27H,4-5,9,11-13H2,(H,23,28)/t17-,19-,20+/m0/s1. The van der Waals surface area contributed by atoms with E-state index in [9.17, 15) is 24.6 Å². The van der Waals surface area contributed by atoms with E-state index in [2.05, 4.69) is 5.32 Å². The number of aryl methyl sites for hydroxylation is 1. The summed E-state index contributed by atoms with van der Waals surface area (Å²) in [5.41, 5.74) is 0.606. The predicted molar refractivity (Wildman–Crippen MR) is 108 cm³/mol. The van der Waals surface area contributed by atoms with Crippen LogP contribution in [0.1, 0.15) is 31.4 Å². The van der Waals surface area contributed by atoms with Crippen molar-refractivity contribution in [2.45, 2.75) is 50.4 Å². The number of rotatable bonds is 9. The SMILES string of the molecule is O=C(CCCc1ccco1)[C@H](O)[C@@H](O)C(=O)N1CCC[C@H]1C(=O)Nc1ccccc1. The summed E-state index contributed by atoms with van der Waals surface area (Å²) in [7, 11) is 0. The summed E-state index contributed by atoms with van der Waals surface area (Å²) in [5.74, 6) is -1.07. The molecule has 0 aliphatic carbocycles. The zero-order valence-electron chi connectivity index (χ0n) is 16.6. The number of para-hydroxylation sites is 1. The van der Waals surface area contributed by atoms with E-state index in [1.54, 1.807) is 36.4 Å². The van der Waals surface area contributed by atoms with E-state index < -0.39 is 29.9 Å². The van der Waals surface area contributed by atoms with Crippen molar-refractivity contribution in [1.29, 1.82) is 0 Å². The van der Waals surface area contributed by atoms with Crippen LogP contribution in [0.4, 0.5) is 5.69 Å². The van der Waals surface area contributed by atoms with E-state index in [0.29, 0.717) is 31.4 Å². The van der Waals surface area contributed by atoms with Gasteiger partial charge in [0.25, 0.3) is 5.91 Å². The van der Waals surface area contributed by atoms with Gasteiger partial charge in [0.2, 0.25) is 5.91 Å². The van der Waals surface area contributed by atoms with Crippen LogP contribution in [0.5, 0.6) is 0 Å². The summed E-state index contributed by atoms with van der Waals surface area (Å²) in [6.45, 7) is 0.280. The van der Waals surface area contributed by atoms with Gasteiger partial charge in [-0.3, -0.25) is 14.4 Å². The van der Waals surface area contributed by atoms with Crippen molar-refractivity contribution in [3.8, 4) is 0 Å². The lowest BCUT2D eigenvalue weighted by Crippen LogP contribution is -2.51. The van der Waals surface area contributed by atoms with Crippen LogP contribution in [0.15, 0.2) is 53.1 Å². The van der Waals surface area contributed by atoms with Gasteiger partial charge >= 0.3 is 0 Å². The Bertz CT molecular complexity index is 852. The molecule has 0 spiro atoms. The molecule has 1 fully saturated rings. The number of likely N-dealkylation sites (tertiary alicyclic amines) is 1. The van der Waals surface area contributed by atoms with Crippen LogP contribution in [0.3, 0.4) is 0 Å². The van der Waals surface area contributed by atoms with Crippen LogP contribution < -0.4 is 5.32 Å². The number of carbonyl (C=O) groups is 3. The first-order valence-corrected chi connectivity index (χ1v) is 10.0. The monoisotopic (exact) mass is 414 g/mol. The van der Waals surface area contributed by atoms with Crippen LogP contribution in [-0.4, -0.2) is 57.5 Å². The lowest BCUT2D eigenvalue weighted by Gasteiger charge is -2.27. The molecule has 1 aromatic carbocycles. The highest BCUT2D eigenvalue weighted by atomic mass is 16.3. The Hall–Kier alpha value is -2.97. The molecular formula is C22H26N2O6. The Morgan fingerprint density at radius 1 is 1.10 bits per heavy atom. The minimum atomic E-state index is -1.90. The molecule has 1 aromatic heterocycles. The van der Waals surface area contributed by atoms with Crippen LogP contribution in [0.2, 0.25) is 0 Å². The molecule has 2 amide bonds. The van der Waals surface area contributed by atoms with E-state index in [-0.39, 0.29) is 18.9 Å². The summed E-state index contributed by atoms with van der Waals surface area (Å²) in [4.78, 5) is 38.7. The minimum Gasteiger partial charge on any atom is -0.469 e. The van der Waals surface area contributed by atoms with Gasteiger partial charge in [0.1, 0.15) is 17.9 Å². The molecular weight excluding hydrogens is 388 g/mol. The third-order valence-corrected chi connectivity index (χ3v) is 5.19. The van der Waals surface area contributed by atoms with Crippen molar-refractivity contribution in [3.05, 3.63) is 54.5 Å². The zero-order chi connectivity index (χ0) is 21.5. The molecule has 8 heteroatoms. The van der Waals surface area contributed by atoms with Crippen molar-refractivity contribution >= 4 is 23.3 Å². The Balaban J connectivity index is 1.53. The first-order chi connectivity index (χ1) is 14.5. The predicted octanol–water partition coefficient (Wildman–Crippen LogP) is 1.52. The second-order valence-electron chi connectivity index (χ2n) is 7.33. The summed E-state index contributed by atoms with van der Waals surface area (Å²) in [6, 6.07) is 11.6. The largest absolute Gasteiger partial charge is 0.469 e. The molecule has 2 heterocycles. The molecule has 0 bridgehead atoms. The first-order valence-electron chi connectivity index (χ1n) is 10.0. The second-order valence-corrected chi connectivity index (χ2v) is 7.33. The lowest BCUT2D eigenvalue weighted by molar-refractivity contribution is -0.154. The van der Waals surface area contributed by atoms with Crippen molar-refractivity contribution < 1.29 is 29.0 Å². The normalized spacial score (nSPS) is 18.1. The fraction of sp³-hybridized carbons (Fsp3) is 0.409. The number of hydrogen-bond acceptors (Lipinski definition) is 6. The first kappa shape index (κ1) is 21.7. The Labute approximate surface area is 174 Å². The van der Waals surface area contributed by atoms with Gasteiger partial charge in [0.05, 0.1) is 6.26 Å². The van der Waals surface area contributed by atoms with Gasteiger partial charge in [0, 0.05) is 25.1 Å². The Morgan fingerprint density at radius 3 is 2.57 bits per heavy atom. The number of Topliss-reactive ketones (excluding diaryl/α,β-unsaturated/α-hetero) is 1. The summed E-state index contributed by atoms with van der Waals surface area (Å²) in [5, 5.41) is 23.2. The number of nitrogens with one attached hydrogen (secondary N) is 1. The minimum absolute atomic E-state index is 0.00410. The molecule has 1 aliphatic heterocycles. The van der Waals surface area contributed by atoms with Gasteiger partial charge in [-0.2, -0.15) is 0 Å². The van der Waals surface area contributed by atoms with E-state index >= 15 is 0 Å². The molecule has 3 atom stereocenters. The molecule has 0 radical (unpaired) electrons. The summed E-state index contributed by atoms with van der Waals surface area (Å²) in [6.07, 6.45) is -0.194. The molecule has 3 N–H and O–H groups in total. The molecule has 1 saturated heterocycles. The smallest absolute Gasteiger partial charge is 0.255 e. The van der Waals surface area contributed by atoms with Crippen LogP contribution in [0.25, 0.3) is 0 Å². The quantitative estimate of drug-likeness (QED) is 0.572. The number of ketones is 1. The fourth-order valence-corrected chi connectivity index (χ4v) is 3.57. The van der Waals surface area contributed by atoms with Crippen molar-refractivity contribution in [3.63, 3.8) is 0 Å². The molecule has 30 heavy (non-hydrogen) atoms. The highest BCUT2D eigenvalue weighted by Gasteiger charge is 2.40. The van der Waals surface area contributed by atoms with E-state index in [1.165, 1.54) is 11.2 Å². The van der Waals surface area contributed by atoms with Gasteiger partial charge in [-0.15, -0.1) is 0 Å². The van der Waals surface area contributed by atoms with Crippen molar-refractivity contribution in [2.75, 3.05) is 11.9 Å². The van der Waals surface area contributed by atoms with Crippen LogP contribution in [0, 0.1) is 0 Å². The molecule has 160 valence electrons. The average Bonchev–Trinajstić information content (AvgIpc) is 3.45. The maximum absolute atomic E-state index is 12.7. The maximum atomic E-state index is 12.7.